The summed E-state index contributed by atoms with van der Waals surface area (Å²) in [5.74, 6) is -0.311. The van der Waals surface area contributed by atoms with Crippen molar-refractivity contribution >= 4 is 5.82 Å². The second-order valence-corrected chi connectivity index (χ2v) is 4.40. The van der Waals surface area contributed by atoms with Crippen molar-refractivity contribution < 1.29 is 8.78 Å². The number of hydrogen-bond donors (Lipinski definition) is 1. The SMILES string of the molecule is CCc1c(C)nc(Cc2cc(F)cc(F)c2)nc1N. The lowest BCUT2D eigenvalue weighted by Crippen LogP contribution is -2.07. The Morgan fingerprint density at radius 1 is 1.11 bits per heavy atom. The summed E-state index contributed by atoms with van der Waals surface area (Å²) < 4.78 is 26.2. The van der Waals surface area contributed by atoms with Crippen LogP contribution in [0.1, 0.15) is 29.6 Å². The first kappa shape index (κ1) is 13.4. The van der Waals surface area contributed by atoms with E-state index in [-0.39, 0.29) is 6.42 Å². The smallest absolute Gasteiger partial charge is 0.135 e. The number of aromatic nitrogens is 2. The van der Waals surface area contributed by atoms with Gasteiger partial charge < -0.3 is 5.73 Å². The van der Waals surface area contributed by atoms with Gasteiger partial charge in [0.05, 0.1) is 0 Å². The topological polar surface area (TPSA) is 51.8 Å². The average molecular weight is 263 g/mol. The van der Waals surface area contributed by atoms with Gasteiger partial charge in [0.15, 0.2) is 0 Å². The Labute approximate surface area is 110 Å². The lowest BCUT2D eigenvalue weighted by Gasteiger charge is -2.09. The monoisotopic (exact) mass is 263 g/mol. The first-order valence-electron chi connectivity index (χ1n) is 6.06. The van der Waals surface area contributed by atoms with Gasteiger partial charge in [-0.1, -0.05) is 6.92 Å². The molecule has 0 aliphatic rings. The zero-order valence-corrected chi connectivity index (χ0v) is 10.9. The second-order valence-electron chi connectivity index (χ2n) is 4.40. The minimum absolute atomic E-state index is 0.254. The molecule has 0 aliphatic carbocycles. The first-order valence-corrected chi connectivity index (χ1v) is 6.06. The standard InChI is InChI=1S/C14H15F2N3/c1-3-12-8(2)18-13(19-14(12)17)6-9-4-10(15)7-11(16)5-9/h4-5,7H,3,6H2,1-2H3,(H2,17,18,19). The van der Waals surface area contributed by atoms with Crippen molar-refractivity contribution in [3.05, 3.63) is 52.5 Å². The highest BCUT2D eigenvalue weighted by molar-refractivity contribution is 5.42. The van der Waals surface area contributed by atoms with Crippen LogP contribution in [0.25, 0.3) is 0 Å². The highest BCUT2D eigenvalue weighted by Crippen LogP contribution is 2.16. The van der Waals surface area contributed by atoms with Crippen LogP contribution < -0.4 is 5.73 Å². The summed E-state index contributed by atoms with van der Waals surface area (Å²) in [4.78, 5) is 8.50. The summed E-state index contributed by atoms with van der Waals surface area (Å²) in [5, 5.41) is 0. The molecular weight excluding hydrogens is 248 g/mol. The first-order chi connectivity index (χ1) is 8.99. The third-order valence-corrected chi connectivity index (χ3v) is 2.93. The molecule has 1 heterocycles. The highest BCUT2D eigenvalue weighted by atomic mass is 19.1. The Kier molecular flexibility index (Phi) is 3.74. The van der Waals surface area contributed by atoms with E-state index in [4.69, 9.17) is 5.73 Å². The maximum atomic E-state index is 13.1. The maximum Gasteiger partial charge on any atom is 0.135 e. The molecule has 100 valence electrons. The predicted octanol–water partition coefficient (Wildman–Crippen LogP) is 2.80. The van der Waals surface area contributed by atoms with E-state index in [2.05, 4.69) is 9.97 Å². The van der Waals surface area contributed by atoms with Crippen LogP contribution in [0.5, 0.6) is 0 Å². The molecule has 2 N–H and O–H groups in total. The van der Waals surface area contributed by atoms with E-state index in [0.717, 1.165) is 23.7 Å². The van der Waals surface area contributed by atoms with Crippen LogP contribution >= 0.6 is 0 Å². The molecule has 0 amide bonds. The number of nitrogens with two attached hydrogens (primary N) is 1. The number of anilines is 1. The van der Waals surface area contributed by atoms with Gasteiger partial charge in [0.2, 0.25) is 0 Å². The van der Waals surface area contributed by atoms with Crippen LogP contribution in [0.4, 0.5) is 14.6 Å². The van der Waals surface area contributed by atoms with Crippen molar-refractivity contribution in [2.24, 2.45) is 0 Å². The molecule has 2 rings (SSSR count). The van der Waals surface area contributed by atoms with Crippen LogP contribution in [0.3, 0.4) is 0 Å². The fourth-order valence-corrected chi connectivity index (χ4v) is 2.09. The molecule has 3 nitrogen and oxygen atoms in total. The number of hydrogen-bond acceptors (Lipinski definition) is 3. The lowest BCUT2D eigenvalue weighted by atomic mass is 10.1. The summed E-state index contributed by atoms with van der Waals surface area (Å²) in [6, 6.07) is 3.38. The Hall–Kier alpha value is -2.04. The molecule has 0 bridgehead atoms. The van der Waals surface area contributed by atoms with Crippen LogP contribution in [0, 0.1) is 18.6 Å². The predicted molar refractivity (Wildman–Crippen MR) is 69.7 cm³/mol. The lowest BCUT2D eigenvalue weighted by molar-refractivity contribution is 0.580. The fraction of sp³-hybridized carbons (Fsp3) is 0.286. The van der Waals surface area contributed by atoms with Crippen LogP contribution in [-0.4, -0.2) is 9.97 Å². The van der Waals surface area contributed by atoms with Crippen molar-refractivity contribution in [1.82, 2.24) is 9.97 Å². The third-order valence-electron chi connectivity index (χ3n) is 2.93. The molecule has 0 saturated heterocycles. The summed E-state index contributed by atoms with van der Waals surface area (Å²) in [6.45, 7) is 3.83. The van der Waals surface area contributed by atoms with Gasteiger partial charge in [0, 0.05) is 23.7 Å². The second kappa shape index (κ2) is 5.30. The number of nitrogens with zero attached hydrogens (tertiary/aromatic N) is 2. The van der Waals surface area contributed by atoms with E-state index < -0.39 is 11.6 Å². The molecule has 0 atom stereocenters. The van der Waals surface area contributed by atoms with Gasteiger partial charge in [-0.2, -0.15) is 0 Å². The van der Waals surface area contributed by atoms with E-state index >= 15 is 0 Å². The van der Waals surface area contributed by atoms with Crippen molar-refractivity contribution in [2.75, 3.05) is 5.73 Å². The number of nitrogen functional groups attached to an aromatic ring is 1. The van der Waals surface area contributed by atoms with E-state index in [1.165, 1.54) is 12.1 Å². The van der Waals surface area contributed by atoms with Crippen LogP contribution in [-0.2, 0) is 12.8 Å². The van der Waals surface area contributed by atoms with Gasteiger partial charge in [0.1, 0.15) is 23.3 Å². The summed E-state index contributed by atoms with van der Waals surface area (Å²) >= 11 is 0. The van der Waals surface area contributed by atoms with Gasteiger partial charge in [-0.25, -0.2) is 18.7 Å². The molecule has 0 unspecified atom stereocenters. The average Bonchev–Trinajstić information content (AvgIpc) is 2.26. The van der Waals surface area contributed by atoms with Gasteiger partial charge in [-0.15, -0.1) is 0 Å². The molecule has 2 aromatic rings. The van der Waals surface area contributed by atoms with Gasteiger partial charge in [-0.05, 0) is 31.0 Å². The van der Waals surface area contributed by atoms with Crippen molar-refractivity contribution in [1.29, 1.82) is 0 Å². The molecular formula is C14H15F2N3. The van der Waals surface area contributed by atoms with E-state index in [9.17, 15) is 8.78 Å². The molecule has 0 aliphatic heterocycles. The molecule has 0 fully saturated rings. The van der Waals surface area contributed by atoms with E-state index in [1.54, 1.807) is 0 Å². The van der Waals surface area contributed by atoms with Gasteiger partial charge in [0.25, 0.3) is 0 Å². The Bertz CT molecular complexity index is 568. The Morgan fingerprint density at radius 2 is 1.74 bits per heavy atom. The third kappa shape index (κ3) is 3.05. The normalized spacial score (nSPS) is 10.7. The molecule has 1 aromatic carbocycles. The number of aryl methyl sites for hydroxylation is 1. The molecule has 0 spiro atoms. The Balaban J connectivity index is 2.33. The molecule has 19 heavy (non-hydrogen) atoms. The zero-order chi connectivity index (χ0) is 14.0. The molecule has 5 heteroatoms. The Morgan fingerprint density at radius 3 is 2.26 bits per heavy atom. The van der Waals surface area contributed by atoms with Gasteiger partial charge >= 0.3 is 0 Å². The van der Waals surface area contributed by atoms with E-state index in [1.807, 2.05) is 13.8 Å². The number of rotatable bonds is 3. The fourth-order valence-electron chi connectivity index (χ4n) is 2.09. The van der Waals surface area contributed by atoms with Crippen molar-refractivity contribution in [3.8, 4) is 0 Å². The van der Waals surface area contributed by atoms with Gasteiger partial charge in [-0.3, -0.25) is 0 Å². The molecule has 0 radical (unpaired) electrons. The largest absolute Gasteiger partial charge is 0.383 e. The summed E-state index contributed by atoms with van der Waals surface area (Å²) in [5.41, 5.74) is 8.05. The zero-order valence-electron chi connectivity index (χ0n) is 10.9. The summed E-state index contributed by atoms with van der Waals surface area (Å²) in [7, 11) is 0. The summed E-state index contributed by atoms with van der Waals surface area (Å²) in [6.07, 6.45) is 1.01. The van der Waals surface area contributed by atoms with E-state index in [0.29, 0.717) is 17.2 Å². The number of halogens is 2. The molecule has 1 aromatic heterocycles. The minimum atomic E-state index is -0.607. The maximum absolute atomic E-state index is 13.1. The number of benzene rings is 1. The molecule has 0 saturated carbocycles. The minimum Gasteiger partial charge on any atom is -0.383 e. The quantitative estimate of drug-likeness (QED) is 0.926. The van der Waals surface area contributed by atoms with Crippen molar-refractivity contribution in [3.63, 3.8) is 0 Å². The van der Waals surface area contributed by atoms with Crippen LogP contribution in [0.15, 0.2) is 18.2 Å². The van der Waals surface area contributed by atoms with Crippen LogP contribution in [0.2, 0.25) is 0 Å². The van der Waals surface area contributed by atoms with Crippen molar-refractivity contribution in [2.45, 2.75) is 26.7 Å². The highest BCUT2D eigenvalue weighted by Gasteiger charge is 2.09.